The molecule has 0 aliphatic heterocycles. The average molecular weight is 113 g/mol. The Morgan fingerprint density at radius 1 is 1.50 bits per heavy atom. The first-order chi connectivity index (χ1) is 3.62. The van der Waals surface area contributed by atoms with Gasteiger partial charge >= 0.3 is 0 Å². The summed E-state index contributed by atoms with van der Waals surface area (Å²) in [5, 5.41) is 0. The summed E-state index contributed by atoms with van der Waals surface area (Å²) in [6, 6.07) is 0. The lowest BCUT2D eigenvalue weighted by Crippen LogP contribution is -2.09. The van der Waals surface area contributed by atoms with Crippen molar-refractivity contribution in [2.45, 2.75) is 27.2 Å². The molecule has 8 heavy (non-hydrogen) atoms. The van der Waals surface area contributed by atoms with Gasteiger partial charge in [-0.15, -0.1) is 0 Å². The molecule has 0 aliphatic rings. The summed E-state index contributed by atoms with van der Waals surface area (Å²) in [6.07, 6.45) is 3.63. The molecule has 0 amide bonds. The molecular formula is C7H13O. The van der Waals surface area contributed by atoms with Crippen LogP contribution in [-0.2, 0) is 4.79 Å². The van der Waals surface area contributed by atoms with Crippen LogP contribution in [0.15, 0.2) is 0 Å². The summed E-state index contributed by atoms with van der Waals surface area (Å²) in [5.74, 6) is 0. The predicted molar refractivity (Wildman–Crippen MR) is 34.4 cm³/mol. The first kappa shape index (κ1) is 7.67. The minimum atomic E-state index is 0.0990. The van der Waals surface area contributed by atoms with Crippen LogP contribution in [0.3, 0.4) is 0 Å². The van der Waals surface area contributed by atoms with Crippen LogP contribution >= 0.6 is 0 Å². The van der Waals surface area contributed by atoms with Crippen molar-refractivity contribution in [3.8, 4) is 0 Å². The van der Waals surface area contributed by atoms with Crippen molar-refractivity contribution in [1.82, 2.24) is 0 Å². The van der Waals surface area contributed by atoms with Gasteiger partial charge in [0.05, 0.1) is 0 Å². The van der Waals surface area contributed by atoms with Crippen LogP contribution in [-0.4, -0.2) is 6.29 Å². The lowest BCUT2D eigenvalue weighted by atomic mass is 9.87. The third-order valence-electron chi connectivity index (χ3n) is 1.39. The molecule has 0 fully saturated rings. The first-order valence-electron chi connectivity index (χ1n) is 2.86. The highest BCUT2D eigenvalue weighted by atomic mass is 16.1. The molecule has 0 saturated carbocycles. The van der Waals surface area contributed by atoms with Crippen LogP contribution in [0, 0.1) is 11.8 Å². The van der Waals surface area contributed by atoms with E-state index in [1.54, 1.807) is 0 Å². The highest BCUT2D eigenvalue weighted by Gasteiger charge is 2.13. The van der Waals surface area contributed by atoms with E-state index in [1.807, 2.05) is 27.2 Å². The molecule has 0 N–H and O–H groups in total. The van der Waals surface area contributed by atoms with Crippen LogP contribution in [0.2, 0.25) is 0 Å². The molecule has 0 spiro atoms. The molecule has 1 nitrogen and oxygen atoms in total. The number of carbonyl (C=O) groups is 1. The van der Waals surface area contributed by atoms with Crippen LogP contribution < -0.4 is 0 Å². The van der Waals surface area contributed by atoms with Gasteiger partial charge in [-0.2, -0.15) is 0 Å². The maximum Gasteiger partial charge on any atom is 0.120 e. The van der Waals surface area contributed by atoms with E-state index < -0.39 is 0 Å². The molecule has 0 aromatic heterocycles. The summed E-state index contributed by atoms with van der Waals surface area (Å²) in [7, 11) is 0. The molecule has 0 unspecified atom stereocenters. The number of hydrogen-bond acceptors (Lipinski definition) is 1. The predicted octanol–water partition coefficient (Wildman–Crippen LogP) is 1.83. The largest absolute Gasteiger partial charge is 0.303 e. The van der Waals surface area contributed by atoms with Gasteiger partial charge in [-0.05, 0) is 11.8 Å². The second-order valence-corrected chi connectivity index (χ2v) is 2.65. The first-order valence-corrected chi connectivity index (χ1v) is 2.86. The highest BCUT2D eigenvalue weighted by Crippen LogP contribution is 2.21. The van der Waals surface area contributed by atoms with Crippen molar-refractivity contribution in [3.63, 3.8) is 0 Å². The Labute approximate surface area is 51.1 Å². The molecular weight excluding hydrogens is 100 g/mol. The van der Waals surface area contributed by atoms with E-state index in [0.29, 0.717) is 6.42 Å². The number of rotatable bonds is 3. The summed E-state index contributed by atoms with van der Waals surface area (Å²) >= 11 is 0. The maximum absolute atomic E-state index is 9.96. The van der Waals surface area contributed by atoms with Crippen LogP contribution in [0.5, 0.6) is 0 Å². The minimum absolute atomic E-state index is 0.0990. The average Bonchev–Trinajstić information content (AvgIpc) is 1.67. The van der Waals surface area contributed by atoms with E-state index in [4.69, 9.17) is 0 Å². The molecule has 47 valence electrons. The normalized spacial score (nSPS) is 11.4. The van der Waals surface area contributed by atoms with E-state index >= 15 is 0 Å². The van der Waals surface area contributed by atoms with E-state index in [0.717, 1.165) is 6.29 Å². The maximum atomic E-state index is 9.96. The van der Waals surface area contributed by atoms with E-state index in [1.165, 1.54) is 0 Å². The molecule has 0 aromatic rings. The summed E-state index contributed by atoms with van der Waals surface area (Å²) in [5.41, 5.74) is 0.0990. The van der Waals surface area contributed by atoms with E-state index in [-0.39, 0.29) is 5.41 Å². The van der Waals surface area contributed by atoms with Gasteiger partial charge in [0, 0.05) is 6.42 Å². The van der Waals surface area contributed by atoms with Gasteiger partial charge in [0.25, 0.3) is 0 Å². The number of hydrogen-bond donors (Lipinski definition) is 0. The van der Waals surface area contributed by atoms with Crippen molar-refractivity contribution in [2.24, 2.45) is 5.41 Å². The molecule has 0 atom stereocenters. The lowest BCUT2D eigenvalue weighted by Gasteiger charge is -2.17. The molecule has 0 bridgehead atoms. The van der Waals surface area contributed by atoms with Crippen molar-refractivity contribution in [2.75, 3.05) is 0 Å². The van der Waals surface area contributed by atoms with Gasteiger partial charge in [0.1, 0.15) is 6.29 Å². The zero-order chi connectivity index (χ0) is 6.62. The van der Waals surface area contributed by atoms with Crippen molar-refractivity contribution >= 4 is 6.29 Å². The molecule has 0 heterocycles. The standard InChI is InChI=1S/C7H13O/c1-4-7(2,3)5-6-8/h4,6H,5H2,1-3H3. The Morgan fingerprint density at radius 2 is 2.00 bits per heavy atom. The SMILES string of the molecule is C[CH]C(C)(C)CC=O. The van der Waals surface area contributed by atoms with E-state index in [9.17, 15) is 4.79 Å². The van der Waals surface area contributed by atoms with Crippen molar-refractivity contribution < 1.29 is 4.79 Å². The Kier molecular flexibility index (Phi) is 2.74. The molecule has 0 rings (SSSR count). The Hall–Kier alpha value is -0.330. The summed E-state index contributed by atoms with van der Waals surface area (Å²) in [4.78, 5) is 9.96. The van der Waals surface area contributed by atoms with Crippen molar-refractivity contribution in [1.29, 1.82) is 0 Å². The quantitative estimate of drug-likeness (QED) is 0.510. The zero-order valence-corrected chi connectivity index (χ0v) is 5.77. The van der Waals surface area contributed by atoms with Gasteiger partial charge < -0.3 is 4.79 Å². The smallest absolute Gasteiger partial charge is 0.120 e. The minimum Gasteiger partial charge on any atom is -0.303 e. The zero-order valence-electron chi connectivity index (χ0n) is 5.77. The highest BCUT2D eigenvalue weighted by molar-refractivity contribution is 5.50. The lowest BCUT2D eigenvalue weighted by molar-refractivity contribution is -0.109. The summed E-state index contributed by atoms with van der Waals surface area (Å²) in [6.45, 7) is 6.06. The van der Waals surface area contributed by atoms with Gasteiger partial charge in [-0.1, -0.05) is 20.8 Å². The topological polar surface area (TPSA) is 17.1 Å². The third-order valence-corrected chi connectivity index (χ3v) is 1.39. The molecule has 1 radical (unpaired) electrons. The van der Waals surface area contributed by atoms with Gasteiger partial charge in [0.2, 0.25) is 0 Å². The van der Waals surface area contributed by atoms with Crippen LogP contribution in [0.1, 0.15) is 27.2 Å². The monoisotopic (exact) mass is 113 g/mol. The fraction of sp³-hybridized carbons (Fsp3) is 0.714. The van der Waals surface area contributed by atoms with E-state index in [2.05, 4.69) is 0 Å². The fourth-order valence-corrected chi connectivity index (χ4v) is 0.333. The second-order valence-electron chi connectivity index (χ2n) is 2.65. The molecule has 1 heteroatoms. The van der Waals surface area contributed by atoms with Crippen LogP contribution in [0.4, 0.5) is 0 Å². The Balaban J connectivity index is 3.53. The molecule has 0 aliphatic carbocycles. The third kappa shape index (κ3) is 2.78. The second kappa shape index (κ2) is 2.85. The fourth-order valence-electron chi connectivity index (χ4n) is 0.333. The van der Waals surface area contributed by atoms with Gasteiger partial charge in [-0.3, -0.25) is 0 Å². The Morgan fingerprint density at radius 3 is 2.12 bits per heavy atom. The summed E-state index contributed by atoms with van der Waals surface area (Å²) < 4.78 is 0. The molecule has 0 saturated heterocycles. The Bertz CT molecular complexity index is 74.5. The van der Waals surface area contributed by atoms with Crippen molar-refractivity contribution in [3.05, 3.63) is 6.42 Å². The van der Waals surface area contributed by atoms with Crippen LogP contribution in [0.25, 0.3) is 0 Å². The van der Waals surface area contributed by atoms with Gasteiger partial charge in [0.15, 0.2) is 0 Å². The number of aldehydes is 1. The number of carbonyl (C=O) groups excluding carboxylic acids is 1. The molecule has 0 aromatic carbocycles. The van der Waals surface area contributed by atoms with Gasteiger partial charge in [-0.25, -0.2) is 0 Å².